The Bertz CT molecular complexity index is 547. The van der Waals surface area contributed by atoms with Gasteiger partial charge in [-0.15, -0.1) is 0 Å². The van der Waals surface area contributed by atoms with Gasteiger partial charge >= 0.3 is 0 Å². The Hall–Kier alpha value is -1.62. The first-order chi connectivity index (χ1) is 9.95. The highest BCUT2D eigenvalue weighted by Crippen LogP contribution is 2.23. The third-order valence-corrected chi connectivity index (χ3v) is 4.12. The summed E-state index contributed by atoms with van der Waals surface area (Å²) in [5, 5.41) is 3.33. The Labute approximate surface area is 129 Å². The van der Waals surface area contributed by atoms with Crippen molar-refractivity contribution in [3.8, 4) is 0 Å². The number of aromatic nitrogens is 1. The van der Waals surface area contributed by atoms with E-state index in [1.807, 2.05) is 20.8 Å². The maximum Gasteiger partial charge on any atom is 0.246 e. The maximum atomic E-state index is 12.6. The molecule has 2 heterocycles. The second-order valence-corrected chi connectivity index (χ2v) is 5.99. The van der Waals surface area contributed by atoms with E-state index in [1.165, 1.54) is 0 Å². The lowest BCUT2D eigenvalue weighted by Crippen LogP contribution is -2.64. The average molecular weight is 310 g/mol. The van der Waals surface area contributed by atoms with Gasteiger partial charge in [0, 0.05) is 18.9 Å². The molecule has 1 aromatic heterocycles. The minimum absolute atomic E-state index is 0.0506. The molecule has 114 valence electrons. The van der Waals surface area contributed by atoms with E-state index >= 15 is 0 Å². The lowest BCUT2D eigenvalue weighted by molar-refractivity contribution is -0.151. The number of carbonyl (C=O) groups excluding carboxylic acids is 2. The van der Waals surface area contributed by atoms with Crippen LogP contribution in [0.4, 0.5) is 0 Å². The van der Waals surface area contributed by atoms with Gasteiger partial charge in [0.15, 0.2) is 0 Å². The molecule has 2 unspecified atom stereocenters. The molecule has 0 saturated carbocycles. The van der Waals surface area contributed by atoms with E-state index in [4.69, 9.17) is 11.6 Å². The van der Waals surface area contributed by atoms with Crippen LogP contribution in [-0.2, 0) is 16.1 Å². The van der Waals surface area contributed by atoms with Crippen molar-refractivity contribution in [1.82, 2.24) is 15.2 Å². The zero-order valence-corrected chi connectivity index (χ0v) is 13.2. The molecule has 1 aromatic rings. The van der Waals surface area contributed by atoms with Crippen molar-refractivity contribution in [2.45, 2.75) is 45.8 Å². The van der Waals surface area contributed by atoms with Crippen molar-refractivity contribution < 1.29 is 9.59 Å². The van der Waals surface area contributed by atoms with E-state index in [0.29, 0.717) is 18.0 Å². The van der Waals surface area contributed by atoms with Crippen LogP contribution in [0.5, 0.6) is 0 Å². The molecule has 2 amide bonds. The molecule has 0 radical (unpaired) electrons. The van der Waals surface area contributed by atoms with E-state index in [-0.39, 0.29) is 17.7 Å². The summed E-state index contributed by atoms with van der Waals surface area (Å²) >= 11 is 6.12. The fourth-order valence-corrected chi connectivity index (χ4v) is 2.73. The summed E-state index contributed by atoms with van der Waals surface area (Å²) in [6.07, 6.45) is 3.76. The molecule has 2 atom stereocenters. The molecule has 0 aliphatic carbocycles. The van der Waals surface area contributed by atoms with Crippen LogP contribution < -0.4 is 5.32 Å². The van der Waals surface area contributed by atoms with Crippen LogP contribution in [0.15, 0.2) is 18.5 Å². The number of piperazine rings is 1. The van der Waals surface area contributed by atoms with Gasteiger partial charge in [0.1, 0.15) is 12.1 Å². The van der Waals surface area contributed by atoms with Crippen molar-refractivity contribution >= 4 is 23.4 Å². The molecule has 1 N–H and O–H groups in total. The fourth-order valence-electron chi connectivity index (χ4n) is 2.55. The van der Waals surface area contributed by atoms with E-state index < -0.39 is 12.1 Å². The van der Waals surface area contributed by atoms with Crippen LogP contribution in [0.1, 0.15) is 32.8 Å². The summed E-state index contributed by atoms with van der Waals surface area (Å²) in [4.78, 5) is 30.4. The second-order valence-electron chi connectivity index (χ2n) is 5.59. The van der Waals surface area contributed by atoms with E-state index in [1.54, 1.807) is 23.4 Å². The van der Waals surface area contributed by atoms with Gasteiger partial charge in [0.2, 0.25) is 11.8 Å². The lowest BCUT2D eigenvalue weighted by atomic mass is 9.96. The molecule has 1 saturated heterocycles. The van der Waals surface area contributed by atoms with E-state index in [0.717, 1.165) is 5.56 Å². The van der Waals surface area contributed by atoms with Gasteiger partial charge in [0.05, 0.1) is 5.02 Å². The highest BCUT2D eigenvalue weighted by Gasteiger charge is 2.40. The van der Waals surface area contributed by atoms with Crippen molar-refractivity contribution in [1.29, 1.82) is 0 Å². The van der Waals surface area contributed by atoms with Gasteiger partial charge in [-0.1, -0.05) is 32.4 Å². The first-order valence-electron chi connectivity index (χ1n) is 7.15. The van der Waals surface area contributed by atoms with Gasteiger partial charge < -0.3 is 10.2 Å². The van der Waals surface area contributed by atoms with Gasteiger partial charge in [-0.3, -0.25) is 14.6 Å². The predicted octanol–water partition coefficient (Wildman–Crippen LogP) is 2.00. The molecule has 0 bridgehead atoms. The van der Waals surface area contributed by atoms with Crippen LogP contribution in [0.2, 0.25) is 5.02 Å². The van der Waals surface area contributed by atoms with Crippen molar-refractivity contribution in [3.05, 3.63) is 29.0 Å². The fraction of sp³-hybridized carbons (Fsp3) is 0.533. The highest BCUT2D eigenvalue weighted by atomic mass is 35.5. The zero-order valence-electron chi connectivity index (χ0n) is 12.5. The second kappa shape index (κ2) is 6.43. The van der Waals surface area contributed by atoms with Crippen LogP contribution in [0.3, 0.4) is 0 Å². The number of rotatable bonds is 4. The minimum atomic E-state index is -0.471. The van der Waals surface area contributed by atoms with Crippen molar-refractivity contribution in [2.75, 3.05) is 0 Å². The number of hydrogen-bond donors (Lipinski definition) is 1. The number of carbonyl (C=O) groups is 2. The van der Waals surface area contributed by atoms with Crippen LogP contribution in [0, 0.1) is 5.92 Å². The Morgan fingerprint density at radius 2 is 2.14 bits per heavy atom. The Morgan fingerprint density at radius 3 is 2.71 bits per heavy atom. The molecular formula is C15H20ClN3O2. The molecule has 5 nitrogen and oxygen atoms in total. The van der Waals surface area contributed by atoms with E-state index in [2.05, 4.69) is 10.3 Å². The molecule has 6 heteroatoms. The van der Waals surface area contributed by atoms with Gasteiger partial charge in [0.25, 0.3) is 0 Å². The van der Waals surface area contributed by atoms with Crippen LogP contribution in [-0.4, -0.2) is 33.8 Å². The van der Waals surface area contributed by atoms with Crippen molar-refractivity contribution in [3.63, 3.8) is 0 Å². The van der Waals surface area contributed by atoms with Gasteiger partial charge in [-0.25, -0.2) is 0 Å². The van der Waals surface area contributed by atoms with Crippen molar-refractivity contribution in [2.24, 2.45) is 5.92 Å². The average Bonchev–Trinajstić information content (AvgIpc) is 2.44. The Kier molecular flexibility index (Phi) is 4.83. The van der Waals surface area contributed by atoms with Gasteiger partial charge in [-0.2, -0.15) is 0 Å². The number of nitrogens with one attached hydrogen (secondary N) is 1. The molecular weight excluding hydrogens is 290 g/mol. The molecule has 1 aliphatic heterocycles. The largest absolute Gasteiger partial charge is 0.342 e. The molecule has 1 aliphatic rings. The number of amides is 2. The van der Waals surface area contributed by atoms with E-state index in [9.17, 15) is 9.59 Å². The third-order valence-electron chi connectivity index (χ3n) is 3.78. The smallest absolute Gasteiger partial charge is 0.246 e. The topological polar surface area (TPSA) is 62.3 Å². The molecule has 2 rings (SSSR count). The zero-order chi connectivity index (χ0) is 15.6. The summed E-state index contributed by atoms with van der Waals surface area (Å²) in [5.74, 6) is -0.0972. The normalized spacial score (nSPS) is 22.6. The number of nitrogens with zero attached hydrogens (tertiary/aromatic N) is 2. The van der Waals surface area contributed by atoms with Gasteiger partial charge in [-0.05, 0) is 24.0 Å². The Morgan fingerprint density at radius 1 is 1.43 bits per heavy atom. The number of pyridine rings is 1. The number of hydrogen-bond acceptors (Lipinski definition) is 3. The first-order valence-corrected chi connectivity index (χ1v) is 7.52. The molecule has 0 spiro atoms. The molecule has 1 fully saturated rings. The highest BCUT2D eigenvalue weighted by molar-refractivity contribution is 6.31. The maximum absolute atomic E-state index is 12.6. The summed E-state index contributed by atoms with van der Waals surface area (Å²) in [7, 11) is 0. The molecule has 21 heavy (non-hydrogen) atoms. The minimum Gasteiger partial charge on any atom is -0.342 e. The van der Waals surface area contributed by atoms with Crippen LogP contribution >= 0.6 is 11.6 Å². The standard InChI is InChI=1S/C15H20ClN3O2/c1-4-12-14(20)18-13(9(2)3)15(21)19(12)8-10-5-6-17-7-11(10)16/h5-7,9,12-13H,4,8H2,1-3H3,(H,18,20). The Balaban J connectivity index is 2.30. The monoisotopic (exact) mass is 309 g/mol. The first kappa shape index (κ1) is 15.8. The molecule has 0 aromatic carbocycles. The summed E-state index contributed by atoms with van der Waals surface area (Å²) in [6, 6.07) is 0.858. The third kappa shape index (κ3) is 3.18. The lowest BCUT2D eigenvalue weighted by Gasteiger charge is -2.40. The summed E-state index contributed by atoms with van der Waals surface area (Å²) in [6.45, 7) is 6.07. The van der Waals surface area contributed by atoms with Crippen LogP contribution in [0.25, 0.3) is 0 Å². The number of halogens is 1. The summed E-state index contributed by atoms with van der Waals surface area (Å²) < 4.78 is 0. The quantitative estimate of drug-likeness (QED) is 0.925. The summed E-state index contributed by atoms with van der Waals surface area (Å²) in [5.41, 5.74) is 0.802. The SMILES string of the molecule is CCC1C(=O)NC(C(C)C)C(=O)N1Cc1ccncc1Cl. The predicted molar refractivity (Wildman–Crippen MR) is 80.6 cm³/mol.